The topological polar surface area (TPSA) is 95.9 Å². The monoisotopic (exact) mass is 492 g/mol. The Hall–Kier alpha value is -4.63. The molecule has 0 spiro atoms. The van der Waals surface area contributed by atoms with Gasteiger partial charge >= 0.3 is 0 Å². The SMILES string of the molecule is Cc1nn(-c2cccc(Cl)c2)c2c1[C@@H](c1cccnc1)c1c(ncn3nc(-c4ccncc4)nc13)O2. The van der Waals surface area contributed by atoms with Crippen molar-refractivity contribution in [3.05, 3.63) is 107 Å². The molecule has 5 aromatic heterocycles. The van der Waals surface area contributed by atoms with Gasteiger partial charge in [0, 0.05) is 35.4 Å². The summed E-state index contributed by atoms with van der Waals surface area (Å²) >= 11 is 6.28. The Morgan fingerprint density at radius 3 is 2.64 bits per heavy atom. The van der Waals surface area contributed by atoms with Crippen molar-refractivity contribution in [1.82, 2.24) is 39.3 Å². The molecule has 0 aliphatic carbocycles. The Balaban J connectivity index is 1.49. The molecule has 0 amide bonds. The van der Waals surface area contributed by atoms with Crippen LogP contribution in [-0.2, 0) is 0 Å². The zero-order valence-corrected chi connectivity index (χ0v) is 19.7. The minimum absolute atomic E-state index is 0.268. The van der Waals surface area contributed by atoms with E-state index >= 15 is 0 Å². The summed E-state index contributed by atoms with van der Waals surface area (Å²) in [6.07, 6.45) is 8.66. The summed E-state index contributed by atoms with van der Waals surface area (Å²) < 4.78 is 9.88. The minimum Gasteiger partial charge on any atom is -0.420 e. The Bertz CT molecular complexity index is 1750. The number of aromatic nitrogens is 8. The van der Waals surface area contributed by atoms with Gasteiger partial charge in [-0.15, -0.1) is 5.10 Å². The average molecular weight is 493 g/mol. The molecule has 6 aromatic rings. The summed E-state index contributed by atoms with van der Waals surface area (Å²) in [6, 6.07) is 15.2. The van der Waals surface area contributed by atoms with Crippen molar-refractivity contribution in [3.63, 3.8) is 0 Å². The number of hydrogen-bond acceptors (Lipinski definition) is 7. The highest BCUT2D eigenvalue weighted by Gasteiger charge is 2.38. The van der Waals surface area contributed by atoms with Crippen LogP contribution in [0.25, 0.3) is 22.7 Å². The zero-order chi connectivity index (χ0) is 24.2. The Kier molecular flexibility index (Phi) is 4.58. The van der Waals surface area contributed by atoms with Gasteiger partial charge in [-0.05, 0) is 48.9 Å². The first-order valence-corrected chi connectivity index (χ1v) is 11.6. The molecule has 1 aliphatic rings. The first-order chi connectivity index (χ1) is 17.7. The largest absolute Gasteiger partial charge is 0.420 e. The second kappa shape index (κ2) is 7.96. The lowest BCUT2D eigenvalue weighted by Gasteiger charge is -2.26. The van der Waals surface area contributed by atoms with Gasteiger partial charge in [-0.3, -0.25) is 9.97 Å². The van der Waals surface area contributed by atoms with E-state index in [1.165, 1.54) is 0 Å². The van der Waals surface area contributed by atoms with Gasteiger partial charge in [-0.2, -0.15) is 5.10 Å². The molecule has 10 heteroatoms. The summed E-state index contributed by atoms with van der Waals surface area (Å²) in [7, 11) is 0. The normalized spacial score (nSPS) is 14.3. The van der Waals surface area contributed by atoms with E-state index in [0.29, 0.717) is 28.3 Å². The number of ether oxygens (including phenoxy) is 1. The number of benzene rings is 1. The third-order valence-corrected chi connectivity index (χ3v) is 6.46. The van der Waals surface area contributed by atoms with Crippen molar-refractivity contribution in [2.24, 2.45) is 0 Å². The molecule has 0 saturated heterocycles. The highest BCUT2D eigenvalue weighted by Crippen LogP contribution is 2.49. The van der Waals surface area contributed by atoms with Gasteiger partial charge < -0.3 is 4.74 Å². The van der Waals surface area contributed by atoms with Gasteiger partial charge in [0.15, 0.2) is 11.5 Å². The van der Waals surface area contributed by atoms with Crippen LogP contribution in [0.5, 0.6) is 11.8 Å². The molecule has 0 radical (unpaired) electrons. The molecule has 0 fully saturated rings. The number of aryl methyl sites for hydroxylation is 1. The number of nitrogens with zero attached hydrogens (tertiary/aromatic N) is 8. The minimum atomic E-state index is -0.268. The molecular formula is C26H17ClN8O. The van der Waals surface area contributed by atoms with Crippen molar-refractivity contribution in [3.8, 4) is 28.8 Å². The van der Waals surface area contributed by atoms with Crippen molar-refractivity contribution in [2.75, 3.05) is 0 Å². The lowest BCUT2D eigenvalue weighted by atomic mass is 9.85. The van der Waals surface area contributed by atoms with Crippen LogP contribution in [0.2, 0.25) is 5.02 Å². The van der Waals surface area contributed by atoms with Crippen molar-refractivity contribution in [2.45, 2.75) is 12.8 Å². The van der Waals surface area contributed by atoms with Gasteiger partial charge in [0.05, 0.1) is 28.4 Å². The van der Waals surface area contributed by atoms with Crippen LogP contribution >= 0.6 is 11.6 Å². The van der Waals surface area contributed by atoms with E-state index in [1.807, 2.05) is 61.7 Å². The lowest BCUT2D eigenvalue weighted by molar-refractivity contribution is 0.402. The lowest BCUT2D eigenvalue weighted by Crippen LogP contribution is -2.16. The smallest absolute Gasteiger partial charge is 0.230 e. The van der Waals surface area contributed by atoms with E-state index in [0.717, 1.165) is 33.6 Å². The standard InChI is InChI=1S/C26H17ClN8O/c1-15-20-21(17-4-3-9-29-13-17)22-24-31-23(16-7-10-28-11-8-16)33-34(24)14-30-25(22)36-26(20)35(32-15)19-6-2-5-18(27)12-19/h2-14,21H,1H3/t21-/m1/s1. The molecular weight excluding hydrogens is 476 g/mol. The summed E-state index contributed by atoms with van der Waals surface area (Å²) in [5.41, 5.74) is 5.83. The van der Waals surface area contributed by atoms with Gasteiger partial charge in [0.1, 0.15) is 6.33 Å². The van der Waals surface area contributed by atoms with Crippen molar-refractivity contribution < 1.29 is 4.74 Å². The maximum atomic E-state index is 6.43. The first-order valence-electron chi connectivity index (χ1n) is 11.3. The predicted molar refractivity (Wildman–Crippen MR) is 133 cm³/mol. The maximum absolute atomic E-state index is 6.43. The molecule has 0 unspecified atom stereocenters. The van der Waals surface area contributed by atoms with E-state index < -0.39 is 0 Å². The Morgan fingerprint density at radius 2 is 1.83 bits per heavy atom. The van der Waals surface area contributed by atoms with Gasteiger partial charge in [-0.1, -0.05) is 23.7 Å². The van der Waals surface area contributed by atoms with E-state index in [-0.39, 0.29) is 5.92 Å². The molecule has 7 rings (SSSR count). The molecule has 6 heterocycles. The molecule has 1 atom stereocenters. The molecule has 36 heavy (non-hydrogen) atoms. The van der Waals surface area contributed by atoms with E-state index in [4.69, 9.17) is 26.4 Å². The fourth-order valence-electron chi connectivity index (χ4n) is 4.66. The van der Waals surface area contributed by atoms with Crippen molar-refractivity contribution >= 4 is 17.2 Å². The fourth-order valence-corrected chi connectivity index (χ4v) is 4.85. The highest BCUT2D eigenvalue weighted by molar-refractivity contribution is 6.30. The number of fused-ring (bicyclic) bond motifs is 4. The molecule has 9 nitrogen and oxygen atoms in total. The van der Waals surface area contributed by atoms with Crippen LogP contribution in [0, 0.1) is 6.92 Å². The number of hydrogen-bond donors (Lipinski definition) is 0. The fraction of sp³-hybridized carbons (Fsp3) is 0.0769. The predicted octanol–water partition coefficient (Wildman–Crippen LogP) is 5.01. The summed E-state index contributed by atoms with van der Waals surface area (Å²) in [5, 5.41) is 10.1. The molecule has 1 aromatic carbocycles. The molecule has 1 aliphatic heterocycles. The number of rotatable bonds is 3. The summed E-state index contributed by atoms with van der Waals surface area (Å²) in [4.78, 5) is 18.0. The molecule has 174 valence electrons. The second-order valence-electron chi connectivity index (χ2n) is 8.42. The second-order valence-corrected chi connectivity index (χ2v) is 8.86. The molecule has 0 N–H and O–H groups in total. The van der Waals surface area contributed by atoms with Crippen LogP contribution in [0.1, 0.15) is 28.3 Å². The summed E-state index contributed by atoms with van der Waals surface area (Å²) in [5.74, 6) is 1.34. The van der Waals surface area contributed by atoms with Crippen LogP contribution in [0.4, 0.5) is 0 Å². The number of pyridine rings is 2. The van der Waals surface area contributed by atoms with E-state index in [9.17, 15) is 0 Å². The van der Waals surface area contributed by atoms with Crippen LogP contribution in [0.15, 0.2) is 79.6 Å². The Morgan fingerprint density at radius 1 is 0.944 bits per heavy atom. The van der Waals surface area contributed by atoms with Gasteiger partial charge in [-0.25, -0.2) is 19.2 Å². The molecule has 0 bridgehead atoms. The van der Waals surface area contributed by atoms with Gasteiger partial charge in [0.25, 0.3) is 0 Å². The van der Waals surface area contributed by atoms with Crippen LogP contribution < -0.4 is 4.74 Å². The first kappa shape index (κ1) is 20.7. The van der Waals surface area contributed by atoms with Crippen molar-refractivity contribution in [1.29, 1.82) is 0 Å². The number of halogens is 1. The Labute approximate surface area is 210 Å². The van der Waals surface area contributed by atoms with E-state index in [1.54, 1.807) is 34.1 Å². The van der Waals surface area contributed by atoms with Gasteiger partial charge in [0.2, 0.25) is 11.8 Å². The molecule has 0 saturated carbocycles. The van der Waals surface area contributed by atoms with Crippen LogP contribution in [0.3, 0.4) is 0 Å². The van der Waals surface area contributed by atoms with Crippen LogP contribution in [-0.4, -0.2) is 39.3 Å². The summed E-state index contributed by atoms with van der Waals surface area (Å²) in [6.45, 7) is 1.97. The quantitative estimate of drug-likeness (QED) is 0.342. The highest BCUT2D eigenvalue weighted by atomic mass is 35.5. The average Bonchev–Trinajstić information content (AvgIpc) is 3.50. The maximum Gasteiger partial charge on any atom is 0.230 e. The third-order valence-electron chi connectivity index (χ3n) is 6.23. The third kappa shape index (κ3) is 3.17. The zero-order valence-electron chi connectivity index (χ0n) is 18.9. The van der Waals surface area contributed by atoms with E-state index in [2.05, 4.69) is 20.1 Å².